The molecular weight excluding hydrogens is 405 g/mol. The molecule has 4 rings (SSSR count). The molecule has 0 saturated carbocycles. The van der Waals surface area contributed by atoms with Gasteiger partial charge in [-0.15, -0.1) is 0 Å². The molecule has 3 aromatic carbocycles. The van der Waals surface area contributed by atoms with Gasteiger partial charge in [0.1, 0.15) is 12.4 Å². The Balaban J connectivity index is 1.43. The fourth-order valence-electron chi connectivity index (χ4n) is 2.71. The number of hydrogen-bond acceptors (Lipinski definition) is 4. The van der Waals surface area contributed by atoms with Crippen molar-refractivity contribution in [2.75, 3.05) is 5.32 Å². The van der Waals surface area contributed by atoms with Gasteiger partial charge >= 0.3 is 0 Å². The Hall–Kier alpha value is -3.08. The molecule has 0 aliphatic heterocycles. The second kappa shape index (κ2) is 8.95. The number of ether oxygens (including phenoxy) is 1. The third-order valence-electron chi connectivity index (χ3n) is 4.22. The first kappa shape index (κ1) is 19.2. The van der Waals surface area contributed by atoms with Crippen LogP contribution in [0.2, 0.25) is 10.0 Å². The maximum absolute atomic E-state index is 5.92. The highest BCUT2D eigenvalue weighted by Gasteiger charge is 2.04. The van der Waals surface area contributed by atoms with E-state index in [4.69, 9.17) is 27.9 Å². The number of benzene rings is 3. The molecular formula is C23H17Cl2N3O. The summed E-state index contributed by atoms with van der Waals surface area (Å²) in [6, 6.07) is 24.7. The van der Waals surface area contributed by atoms with Crippen LogP contribution in [0.4, 0.5) is 11.6 Å². The zero-order valence-corrected chi connectivity index (χ0v) is 16.9. The van der Waals surface area contributed by atoms with Gasteiger partial charge in [0.25, 0.3) is 0 Å². The van der Waals surface area contributed by atoms with Crippen LogP contribution in [-0.2, 0) is 6.61 Å². The van der Waals surface area contributed by atoms with Crippen LogP contribution < -0.4 is 10.1 Å². The fraction of sp³-hybridized carbons (Fsp3) is 0.0435. The number of nitrogens with one attached hydrogen (secondary N) is 1. The molecule has 0 aliphatic carbocycles. The van der Waals surface area contributed by atoms with Gasteiger partial charge in [-0.1, -0.05) is 35.3 Å². The number of hydrogen-bond donors (Lipinski definition) is 1. The predicted molar refractivity (Wildman–Crippen MR) is 118 cm³/mol. The molecule has 0 spiro atoms. The second-order valence-electron chi connectivity index (χ2n) is 6.34. The van der Waals surface area contributed by atoms with Gasteiger partial charge in [0.05, 0.1) is 5.69 Å². The Labute approximate surface area is 179 Å². The standard InChI is InChI=1S/C23H17Cl2N3O/c24-18-5-1-16(2-6-18)15-29-21-11-3-17(4-12-21)22-13-14-26-23(28-22)27-20-9-7-19(25)8-10-20/h1-14H,15H2,(H,26,27,28). The molecule has 0 radical (unpaired) electrons. The molecule has 0 bridgehead atoms. The number of nitrogens with zero attached hydrogens (tertiary/aromatic N) is 2. The van der Waals surface area contributed by atoms with E-state index in [2.05, 4.69) is 15.3 Å². The molecule has 0 fully saturated rings. The summed E-state index contributed by atoms with van der Waals surface area (Å²) in [6.45, 7) is 0.485. The van der Waals surface area contributed by atoms with Gasteiger partial charge < -0.3 is 10.1 Å². The van der Waals surface area contributed by atoms with Crippen molar-refractivity contribution in [3.63, 3.8) is 0 Å². The van der Waals surface area contributed by atoms with Crippen molar-refractivity contribution in [1.82, 2.24) is 9.97 Å². The van der Waals surface area contributed by atoms with E-state index in [1.165, 1.54) is 0 Å². The van der Waals surface area contributed by atoms with Crippen molar-refractivity contribution < 1.29 is 4.74 Å². The fourth-order valence-corrected chi connectivity index (χ4v) is 2.96. The molecule has 6 heteroatoms. The molecule has 29 heavy (non-hydrogen) atoms. The van der Waals surface area contributed by atoms with Crippen molar-refractivity contribution in [1.29, 1.82) is 0 Å². The minimum atomic E-state index is 0.485. The largest absolute Gasteiger partial charge is 0.489 e. The lowest BCUT2D eigenvalue weighted by Crippen LogP contribution is -1.98. The van der Waals surface area contributed by atoms with E-state index in [-0.39, 0.29) is 0 Å². The molecule has 1 heterocycles. The highest BCUT2D eigenvalue weighted by atomic mass is 35.5. The lowest BCUT2D eigenvalue weighted by atomic mass is 10.1. The van der Waals surface area contributed by atoms with E-state index in [0.29, 0.717) is 22.6 Å². The molecule has 0 saturated heterocycles. The van der Waals surface area contributed by atoms with Gasteiger partial charge in [0.2, 0.25) is 5.95 Å². The minimum Gasteiger partial charge on any atom is -0.489 e. The summed E-state index contributed by atoms with van der Waals surface area (Å²) in [4.78, 5) is 8.86. The van der Waals surface area contributed by atoms with E-state index in [1.807, 2.05) is 78.9 Å². The average molecular weight is 422 g/mol. The smallest absolute Gasteiger partial charge is 0.227 e. The monoisotopic (exact) mass is 421 g/mol. The van der Waals surface area contributed by atoms with E-state index in [9.17, 15) is 0 Å². The summed E-state index contributed by atoms with van der Waals surface area (Å²) in [5, 5.41) is 4.58. The molecule has 0 unspecified atom stereocenters. The highest BCUT2D eigenvalue weighted by molar-refractivity contribution is 6.30. The van der Waals surface area contributed by atoms with E-state index < -0.39 is 0 Å². The summed E-state index contributed by atoms with van der Waals surface area (Å²) >= 11 is 11.8. The third kappa shape index (κ3) is 5.25. The topological polar surface area (TPSA) is 47.0 Å². The highest BCUT2D eigenvalue weighted by Crippen LogP contribution is 2.23. The molecule has 0 atom stereocenters. The normalized spacial score (nSPS) is 10.6. The van der Waals surface area contributed by atoms with Crippen LogP contribution in [0.3, 0.4) is 0 Å². The predicted octanol–water partition coefficient (Wildman–Crippen LogP) is 6.77. The van der Waals surface area contributed by atoms with Crippen LogP contribution in [0.1, 0.15) is 5.56 Å². The van der Waals surface area contributed by atoms with Crippen LogP contribution >= 0.6 is 23.2 Å². The van der Waals surface area contributed by atoms with Crippen LogP contribution in [0.5, 0.6) is 5.75 Å². The lowest BCUT2D eigenvalue weighted by molar-refractivity contribution is 0.306. The van der Waals surface area contributed by atoms with Crippen molar-refractivity contribution in [3.05, 3.63) is 101 Å². The molecule has 4 nitrogen and oxygen atoms in total. The molecule has 1 aromatic heterocycles. The van der Waals surface area contributed by atoms with Crippen LogP contribution in [0.25, 0.3) is 11.3 Å². The SMILES string of the molecule is Clc1ccc(COc2ccc(-c3ccnc(Nc4ccc(Cl)cc4)n3)cc2)cc1. The lowest BCUT2D eigenvalue weighted by Gasteiger charge is -2.09. The van der Waals surface area contributed by atoms with Crippen molar-refractivity contribution in [2.24, 2.45) is 0 Å². The number of aromatic nitrogens is 2. The van der Waals surface area contributed by atoms with Gasteiger partial charge in [0, 0.05) is 27.5 Å². The van der Waals surface area contributed by atoms with Gasteiger partial charge in [-0.05, 0) is 72.3 Å². The van der Waals surface area contributed by atoms with Crippen LogP contribution in [0, 0.1) is 0 Å². The van der Waals surface area contributed by atoms with Gasteiger partial charge in [-0.2, -0.15) is 0 Å². The first-order valence-electron chi connectivity index (χ1n) is 8.99. The Morgan fingerprint density at radius 3 is 2.10 bits per heavy atom. The minimum absolute atomic E-state index is 0.485. The Bertz CT molecular complexity index is 1080. The summed E-state index contributed by atoms with van der Waals surface area (Å²) in [5.74, 6) is 1.31. The Morgan fingerprint density at radius 1 is 0.759 bits per heavy atom. The molecule has 0 amide bonds. The number of rotatable bonds is 6. The molecule has 144 valence electrons. The van der Waals surface area contributed by atoms with Crippen molar-refractivity contribution in [3.8, 4) is 17.0 Å². The first-order chi connectivity index (χ1) is 14.2. The Kier molecular flexibility index (Phi) is 5.94. The summed E-state index contributed by atoms with van der Waals surface area (Å²) in [7, 11) is 0. The van der Waals surface area contributed by atoms with Gasteiger partial charge in [-0.3, -0.25) is 0 Å². The zero-order valence-electron chi connectivity index (χ0n) is 15.3. The quantitative estimate of drug-likeness (QED) is 0.372. The summed E-state index contributed by atoms with van der Waals surface area (Å²) in [5.41, 5.74) is 3.73. The first-order valence-corrected chi connectivity index (χ1v) is 9.75. The zero-order chi connectivity index (χ0) is 20.1. The van der Waals surface area contributed by atoms with Crippen LogP contribution in [-0.4, -0.2) is 9.97 Å². The number of anilines is 2. The maximum atomic E-state index is 5.92. The van der Waals surface area contributed by atoms with E-state index in [0.717, 1.165) is 28.3 Å². The van der Waals surface area contributed by atoms with Gasteiger partial charge in [-0.25, -0.2) is 9.97 Å². The van der Waals surface area contributed by atoms with Crippen molar-refractivity contribution in [2.45, 2.75) is 6.61 Å². The average Bonchev–Trinajstić information content (AvgIpc) is 2.76. The molecule has 1 N–H and O–H groups in total. The van der Waals surface area contributed by atoms with Crippen molar-refractivity contribution >= 4 is 34.8 Å². The summed E-state index contributed by atoms with van der Waals surface area (Å²) < 4.78 is 5.84. The van der Waals surface area contributed by atoms with E-state index >= 15 is 0 Å². The Morgan fingerprint density at radius 2 is 1.41 bits per heavy atom. The van der Waals surface area contributed by atoms with Crippen LogP contribution in [0.15, 0.2) is 85.1 Å². The van der Waals surface area contributed by atoms with Gasteiger partial charge in [0.15, 0.2) is 0 Å². The second-order valence-corrected chi connectivity index (χ2v) is 7.21. The molecule has 4 aromatic rings. The van der Waals surface area contributed by atoms with E-state index in [1.54, 1.807) is 6.20 Å². The third-order valence-corrected chi connectivity index (χ3v) is 4.73. The number of halogens is 2. The molecule has 0 aliphatic rings. The summed E-state index contributed by atoms with van der Waals surface area (Å²) in [6.07, 6.45) is 1.73. The maximum Gasteiger partial charge on any atom is 0.227 e.